The number of fused-ring (bicyclic) bond motifs is 1. The highest BCUT2D eigenvalue weighted by molar-refractivity contribution is 14.0. The lowest BCUT2D eigenvalue weighted by Crippen LogP contribution is -2.47. The lowest BCUT2D eigenvalue weighted by Gasteiger charge is -2.25. The number of aryl methyl sites for hydroxylation is 2. The Morgan fingerprint density at radius 3 is 2.96 bits per heavy atom. The molecule has 2 heterocycles. The molecule has 1 amide bonds. The molecule has 0 bridgehead atoms. The zero-order valence-electron chi connectivity index (χ0n) is 14.4. The minimum Gasteiger partial charge on any atom is -0.353 e. The van der Waals surface area contributed by atoms with Crippen molar-refractivity contribution in [3.05, 3.63) is 24.3 Å². The predicted octanol–water partition coefficient (Wildman–Crippen LogP) is 0.329. The lowest BCUT2D eigenvalue weighted by molar-refractivity contribution is -0.127. The van der Waals surface area contributed by atoms with Crippen LogP contribution in [-0.4, -0.2) is 64.8 Å². The lowest BCUT2D eigenvalue weighted by atomic mass is 10.1. The maximum atomic E-state index is 11.7. The van der Waals surface area contributed by atoms with Gasteiger partial charge in [-0.25, -0.2) is 14.7 Å². The highest BCUT2D eigenvalue weighted by Crippen LogP contribution is 2.12. The first-order chi connectivity index (χ1) is 11.0. The van der Waals surface area contributed by atoms with Crippen molar-refractivity contribution in [2.75, 3.05) is 27.2 Å². The summed E-state index contributed by atoms with van der Waals surface area (Å²) >= 11 is 0. The summed E-state index contributed by atoms with van der Waals surface area (Å²) in [7, 11) is 3.44. The summed E-state index contributed by atoms with van der Waals surface area (Å²) in [6.07, 6.45) is 3.59. The average Bonchev–Trinajstić information content (AvgIpc) is 2.88. The van der Waals surface area contributed by atoms with Crippen molar-refractivity contribution in [1.29, 1.82) is 0 Å². The first kappa shape index (κ1) is 20.4. The Labute approximate surface area is 159 Å². The maximum absolute atomic E-state index is 11.7. The fourth-order valence-corrected chi connectivity index (χ4v) is 2.35. The van der Waals surface area contributed by atoms with Crippen LogP contribution in [0.25, 0.3) is 0 Å². The van der Waals surface area contributed by atoms with Crippen molar-refractivity contribution in [3.8, 4) is 0 Å². The number of halogens is 1. The van der Waals surface area contributed by atoms with Crippen molar-refractivity contribution in [2.24, 2.45) is 4.99 Å². The molecule has 0 aromatic carbocycles. The van der Waals surface area contributed by atoms with Crippen LogP contribution in [0.1, 0.15) is 18.1 Å². The molecule has 1 atom stereocenters. The van der Waals surface area contributed by atoms with Gasteiger partial charge in [0, 0.05) is 33.1 Å². The topological polar surface area (TPSA) is 87.4 Å². The molecule has 0 saturated heterocycles. The zero-order valence-corrected chi connectivity index (χ0v) is 16.8. The van der Waals surface area contributed by atoms with Gasteiger partial charge in [-0.05, 0) is 13.3 Å². The number of carbonyl (C=O) groups excluding carboxylic acids is 1. The summed E-state index contributed by atoms with van der Waals surface area (Å²) in [4.78, 5) is 22.0. The molecule has 0 fully saturated rings. The number of hydrogen-bond donors (Lipinski definition) is 2. The fourth-order valence-electron chi connectivity index (χ4n) is 2.35. The smallest absolute Gasteiger partial charge is 0.243 e. The number of nitrogens with one attached hydrogen (secondary N) is 2. The number of hydrogen-bond acceptors (Lipinski definition) is 4. The van der Waals surface area contributed by atoms with E-state index in [1.54, 1.807) is 20.2 Å². The van der Waals surface area contributed by atoms with E-state index in [2.05, 4.69) is 32.3 Å². The minimum atomic E-state index is -0.0393. The van der Waals surface area contributed by atoms with Gasteiger partial charge < -0.3 is 15.5 Å². The molecule has 0 aliphatic carbocycles. The van der Waals surface area contributed by atoms with Gasteiger partial charge in [0.25, 0.3) is 0 Å². The highest BCUT2D eigenvalue weighted by atomic mass is 127. The van der Waals surface area contributed by atoms with Gasteiger partial charge in [0.15, 0.2) is 5.96 Å². The van der Waals surface area contributed by atoms with Crippen LogP contribution in [0.2, 0.25) is 0 Å². The van der Waals surface area contributed by atoms with Crippen LogP contribution in [0.3, 0.4) is 0 Å². The number of amides is 1. The molecule has 2 rings (SSSR count). The standard InChI is InChI=1S/C15H25N7O.HI/c1-5-8-16-15(17-9-14(23)21(3)4)19-12-6-7-13-18-11(2)20-22(13)10-12;/h5,12H,1,6-10H2,2-4H3,(H2,16,17,19);1H. The van der Waals surface area contributed by atoms with Crippen LogP contribution < -0.4 is 10.6 Å². The van der Waals surface area contributed by atoms with Crippen LogP contribution in [0.5, 0.6) is 0 Å². The summed E-state index contributed by atoms with van der Waals surface area (Å²) in [6, 6.07) is 0.203. The van der Waals surface area contributed by atoms with E-state index in [0.717, 1.165) is 31.0 Å². The van der Waals surface area contributed by atoms with Gasteiger partial charge in [-0.1, -0.05) is 6.08 Å². The first-order valence-electron chi connectivity index (χ1n) is 7.75. The summed E-state index contributed by atoms with van der Waals surface area (Å²) in [6.45, 7) is 7.03. The quantitative estimate of drug-likeness (QED) is 0.294. The Kier molecular flexibility index (Phi) is 8.16. The van der Waals surface area contributed by atoms with E-state index in [9.17, 15) is 4.79 Å². The van der Waals surface area contributed by atoms with Crippen LogP contribution >= 0.6 is 24.0 Å². The Balaban J connectivity index is 0.00000288. The summed E-state index contributed by atoms with van der Waals surface area (Å²) in [5, 5.41) is 10.9. The molecule has 0 saturated carbocycles. The normalized spacial score (nSPS) is 16.6. The number of nitrogens with zero attached hydrogens (tertiary/aromatic N) is 5. The largest absolute Gasteiger partial charge is 0.353 e. The molecule has 1 aliphatic rings. The van der Waals surface area contributed by atoms with E-state index in [4.69, 9.17) is 0 Å². The third-order valence-electron chi connectivity index (χ3n) is 3.59. The van der Waals surface area contributed by atoms with Gasteiger partial charge in [-0.3, -0.25) is 4.79 Å². The third kappa shape index (κ3) is 5.77. The van der Waals surface area contributed by atoms with Crippen molar-refractivity contribution in [1.82, 2.24) is 30.3 Å². The van der Waals surface area contributed by atoms with Crippen molar-refractivity contribution < 1.29 is 4.79 Å². The second-order valence-corrected chi connectivity index (χ2v) is 5.76. The molecule has 1 aliphatic heterocycles. The molecule has 2 N–H and O–H groups in total. The molecule has 0 radical (unpaired) electrons. The third-order valence-corrected chi connectivity index (χ3v) is 3.59. The number of aliphatic imine (C=N–C) groups is 1. The van der Waals surface area contributed by atoms with Gasteiger partial charge >= 0.3 is 0 Å². The molecule has 24 heavy (non-hydrogen) atoms. The average molecular weight is 447 g/mol. The Morgan fingerprint density at radius 2 is 2.29 bits per heavy atom. The molecule has 1 unspecified atom stereocenters. The SMILES string of the molecule is C=CCNC(=NCC(=O)N(C)C)NC1CCc2nc(C)nn2C1.I. The predicted molar refractivity (Wildman–Crippen MR) is 105 cm³/mol. The number of carbonyl (C=O) groups is 1. The molecule has 8 nitrogen and oxygen atoms in total. The second kappa shape index (κ2) is 9.60. The Morgan fingerprint density at radius 1 is 1.54 bits per heavy atom. The number of aromatic nitrogens is 3. The highest BCUT2D eigenvalue weighted by Gasteiger charge is 2.21. The molecule has 134 valence electrons. The van der Waals surface area contributed by atoms with Crippen molar-refractivity contribution in [2.45, 2.75) is 32.4 Å². The fraction of sp³-hybridized carbons (Fsp3) is 0.600. The zero-order chi connectivity index (χ0) is 16.8. The molecule has 1 aromatic heterocycles. The van der Waals surface area contributed by atoms with Gasteiger partial charge in [-0.2, -0.15) is 5.10 Å². The van der Waals surface area contributed by atoms with E-state index in [1.165, 1.54) is 4.90 Å². The molecule has 9 heteroatoms. The monoisotopic (exact) mass is 447 g/mol. The van der Waals surface area contributed by atoms with E-state index in [1.807, 2.05) is 11.6 Å². The first-order valence-corrected chi connectivity index (χ1v) is 7.75. The maximum Gasteiger partial charge on any atom is 0.243 e. The van der Waals surface area contributed by atoms with Gasteiger partial charge in [-0.15, -0.1) is 30.6 Å². The Bertz CT molecular complexity index is 597. The van der Waals surface area contributed by atoms with Crippen molar-refractivity contribution in [3.63, 3.8) is 0 Å². The van der Waals surface area contributed by atoms with Crippen LogP contribution in [0, 0.1) is 6.92 Å². The van der Waals surface area contributed by atoms with E-state index in [0.29, 0.717) is 12.5 Å². The number of guanidine groups is 1. The van der Waals surface area contributed by atoms with Crippen LogP contribution in [-0.2, 0) is 17.8 Å². The Hall–Kier alpha value is -1.65. The molecule has 1 aromatic rings. The summed E-state index contributed by atoms with van der Waals surface area (Å²) in [5.74, 6) is 2.41. The minimum absolute atomic E-state index is 0. The van der Waals surface area contributed by atoms with Crippen LogP contribution in [0.15, 0.2) is 17.6 Å². The number of rotatable bonds is 5. The number of likely N-dealkylation sites (N-methyl/N-ethyl adjacent to an activating group) is 1. The van der Waals surface area contributed by atoms with Crippen LogP contribution in [0.4, 0.5) is 0 Å². The summed E-state index contributed by atoms with van der Waals surface area (Å²) < 4.78 is 1.94. The molecular weight excluding hydrogens is 421 g/mol. The summed E-state index contributed by atoms with van der Waals surface area (Å²) in [5.41, 5.74) is 0. The van der Waals surface area contributed by atoms with Gasteiger partial charge in [0.05, 0.1) is 6.54 Å². The van der Waals surface area contributed by atoms with Crippen molar-refractivity contribution >= 4 is 35.8 Å². The van der Waals surface area contributed by atoms with Gasteiger partial charge in [0.1, 0.15) is 18.2 Å². The van der Waals surface area contributed by atoms with E-state index < -0.39 is 0 Å². The van der Waals surface area contributed by atoms with E-state index in [-0.39, 0.29) is 42.5 Å². The van der Waals surface area contributed by atoms with Gasteiger partial charge in [0.2, 0.25) is 5.91 Å². The second-order valence-electron chi connectivity index (χ2n) is 5.76. The molecule has 0 spiro atoms. The molecular formula is C15H26IN7O. The van der Waals surface area contributed by atoms with E-state index >= 15 is 0 Å².